The van der Waals surface area contributed by atoms with Gasteiger partial charge in [0.15, 0.2) is 0 Å². The van der Waals surface area contributed by atoms with E-state index in [9.17, 15) is 9.59 Å². The van der Waals surface area contributed by atoms with Crippen LogP contribution in [0.1, 0.15) is 0 Å². The summed E-state index contributed by atoms with van der Waals surface area (Å²) in [5.41, 5.74) is 0.438. The number of likely N-dealkylation sites (N-methyl/N-ethyl adjacent to an activating group) is 1. The Bertz CT molecular complexity index is 1210. The Kier molecular flexibility index (Phi) is 6.00. The number of anilines is 1. The van der Waals surface area contributed by atoms with Crippen molar-refractivity contribution in [3.8, 4) is 22.6 Å². The van der Waals surface area contributed by atoms with E-state index in [-0.39, 0.29) is 33.0 Å². The molecule has 30 heavy (non-hydrogen) atoms. The van der Waals surface area contributed by atoms with Crippen LogP contribution in [0.5, 0.6) is 11.5 Å². The molecule has 1 aromatic carbocycles. The molecule has 1 amide bonds. The van der Waals surface area contributed by atoms with Gasteiger partial charge in [0.05, 0.1) is 29.8 Å². The van der Waals surface area contributed by atoms with Gasteiger partial charge in [0.25, 0.3) is 11.5 Å². The number of hydrogen-bond acceptors (Lipinski definition) is 6. The molecule has 0 saturated carbocycles. The lowest BCUT2D eigenvalue weighted by Crippen LogP contribution is -2.27. The van der Waals surface area contributed by atoms with Crippen molar-refractivity contribution in [2.45, 2.75) is 0 Å². The van der Waals surface area contributed by atoms with Gasteiger partial charge in [0, 0.05) is 37.3 Å². The number of hydrogen-bond donors (Lipinski definition) is 0. The minimum Gasteiger partial charge on any atom is -0.495 e. The Morgan fingerprint density at radius 1 is 1.20 bits per heavy atom. The second-order valence-corrected chi connectivity index (χ2v) is 7.01. The number of ether oxygens (including phenoxy) is 2. The van der Waals surface area contributed by atoms with E-state index in [1.165, 1.54) is 36.9 Å². The summed E-state index contributed by atoms with van der Waals surface area (Å²) in [4.78, 5) is 34.8. The fourth-order valence-corrected chi connectivity index (χ4v) is 3.64. The largest absolute Gasteiger partial charge is 0.495 e. The van der Waals surface area contributed by atoms with Crippen LogP contribution in [0, 0.1) is 0 Å². The minimum absolute atomic E-state index is 0.134. The number of amides is 1. The Morgan fingerprint density at radius 2 is 1.80 bits per heavy atom. The zero-order valence-corrected chi connectivity index (χ0v) is 18.2. The summed E-state index contributed by atoms with van der Waals surface area (Å²) in [5.74, 6) is 0.379. The first-order chi connectivity index (χ1) is 14.2. The van der Waals surface area contributed by atoms with Crippen molar-refractivity contribution >= 4 is 46.1 Å². The molecule has 0 bridgehead atoms. The van der Waals surface area contributed by atoms with Crippen molar-refractivity contribution in [3.05, 3.63) is 51.4 Å². The molecule has 0 aliphatic carbocycles. The van der Waals surface area contributed by atoms with Gasteiger partial charge in [-0.3, -0.25) is 19.1 Å². The van der Waals surface area contributed by atoms with E-state index in [0.717, 1.165) is 6.08 Å². The number of rotatable bonds is 5. The summed E-state index contributed by atoms with van der Waals surface area (Å²) in [5, 5.41) is 0.895. The van der Waals surface area contributed by atoms with Crippen molar-refractivity contribution < 1.29 is 14.3 Å². The zero-order valence-electron chi connectivity index (χ0n) is 16.7. The molecule has 0 radical (unpaired) electrons. The lowest BCUT2D eigenvalue weighted by atomic mass is 10.0. The van der Waals surface area contributed by atoms with Crippen molar-refractivity contribution in [1.29, 1.82) is 0 Å². The third-order valence-corrected chi connectivity index (χ3v) is 5.33. The average molecular weight is 449 g/mol. The lowest BCUT2D eigenvalue weighted by molar-refractivity contribution is -0.113. The van der Waals surface area contributed by atoms with E-state index in [2.05, 4.69) is 16.5 Å². The molecule has 10 heteroatoms. The Labute approximate surface area is 182 Å². The van der Waals surface area contributed by atoms with Gasteiger partial charge in [-0.15, -0.1) is 0 Å². The monoisotopic (exact) mass is 448 g/mol. The fraction of sp³-hybridized carbons (Fsp3) is 0.200. The highest BCUT2D eigenvalue weighted by Crippen LogP contribution is 2.45. The number of nitrogens with zero attached hydrogens (tertiary/aromatic N) is 4. The summed E-state index contributed by atoms with van der Waals surface area (Å²) in [6.07, 6.45) is 2.66. The molecule has 0 N–H and O–H groups in total. The van der Waals surface area contributed by atoms with Gasteiger partial charge in [-0.2, -0.15) is 4.98 Å². The quantitative estimate of drug-likeness (QED) is 0.555. The molecule has 0 unspecified atom stereocenters. The SMILES string of the molecule is C=CC(=O)N(C)c1ncc2cc(-c3c(Cl)c(OC)cc(OC)c3Cl)c(=O)n(C)c2n1. The molecule has 156 valence electrons. The number of aryl methyl sites for hydroxylation is 1. The number of aromatic nitrogens is 3. The minimum atomic E-state index is -0.399. The third-order valence-electron chi connectivity index (χ3n) is 4.58. The fourth-order valence-electron chi connectivity index (χ4n) is 2.94. The molecule has 2 aromatic heterocycles. The van der Waals surface area contributed by atoms with Crippen LogP contribution in [-0.2, 0) is 11.8 Å². The van der Waals surface area contributed by atoms with Crippen LogP contribution in [0.2, 0.25) is 10.0 Å². The number of halogens is 2. The molecular weight excluding hydrogens is 431 g/mol. The maximum atomic E-state index is 13.2. The van der Waals surface area contributed by atoms with Crippen LogP contribution in [0.15, 0.2) is 35.8 Å². The number of pyridine rings is 1. The van der Waals surface area contributed by atoms with E-state index >= 15 is 0 Å². The summed E-state index contributed by atoms with van der Waals surface area (Å²) in [6, 6.07) is 3.13. The Morgan fingerprint density at radius 3 is 2.33 bits per heavy atom. The van der Waals surface area contributed by atoms with E-state index in [1.54, 1.807) is 19.2 Å². The van der Waals surface area contributed by atoms with Gasteiger partial charge in [-0.25, -0.2) is 4.98 Å². The number of carbonyl (C=O) groups excluding carboxylic acids is 1. The molecule has 0 saturated heterocycles. The second-order valence-electron chi connectivity index (χ2n) is 6.26. The van der Waals surface area contributed by atoms with Crippen LogP contribution in [-0.4, -0.2) is 41.7 Å². The van der Waals surface area contributed by atoms with Gasteiger partial charge in [-0.1, -0.05) is 29.8 Å². The molecular formula is C20H18Cl2N4O4. The second kappa shape index (κ2) is 8.33. The summed E-state index contributed by atoms with van der Waals surface area (Å²) < 4.78 is 11.9. The molecule has 0 fully saturated rings. The van der Waals surface area contributed by atoms with E-state index < -0.39 is 5.56 Å². The summed E-state index contributed by atoms with van der Waals surface area (Å²) in [6.45, 7) is 3.44. The van der Waals surface area contributed by atoms with Gasteiger partial charge < -0.3 is 9.47 Å². The van der Waals surface area contributed by atoms with Gasteiger partial charge in [0.1, 0.15) is 17.1 Å². The number of methoxy groups -OCH3 is 2. The predicted octanol–water partition coefficient (Wildman–Crippen LogP) is 3.47. The summed E-state index contributed by atoms with van der Waals surface area (Å²) >= 11 is 12.9. The smallest absolute Gasteiger partial charge is 0.259 e. The highest BCUT2D eigenvalue weighted by Gasteiger charge is 2.23. The maximum Gasteiger partial charge on any atom is 0.259 e. The highest BCUT2D eigenvalue weighted by atomic mass is 35.5. The van der Waals surface area contributed by atoms with Crippen LogP contribution in [0.4, 0.5) is 5.95 Å². The number of benzene rings is 1. The lowest BCUT2D eigenvalue weighted by Gasteiger charge is -2.17. The molecule has 8 nitrogen and oxygen atoms in total. The Hall–Kier alpha value is -3.10. The van der Waals surface area contributed by atoms with Gasteiger partial charge in [0.2, 0.25) is 5.95 Å². The zero-order chi connectivity index (χ0) is 22.2. The Balaban J connectivity index is 2.31. The van der Waals surface area contributed by atoms with Gasteiger partial charge in [-0.05, 0) is 12.1 Å². The third kappa shape index (κ3) is 3.48. The van der Waals surface area contributed by atoms with E-state index in [0.29, 0.717) is 22.5 Å². The first-order valence-electron chi connectivity index (χ1n) is 8.62. The predicted molar refractivity (Wildman–Crippen MR) is 117 cm³/mol. The molecule has 0 aliphatic heterocycles. The number of fused-ring (bicyclic) bond motifs is 1. The molecule has 3 rings (SSSR count). The molecule has 2 heterocycles. The molecule has 0 atom stereocenters. The first kappa shape index (κ1) is 21.6. The highest BCUT2D eigenvalue weighted by molar-refractivity contribution is 6.41. The van der Waals surface area contributed by atoms with Crippen molar-refractivity contribution in [2.75, 3.05) is 26.2 Å². The average Bonchev–Trinajstić information content (AvgIpc) is 2.76. The molecule has 0 aliphatic rings. The van der Waals surface area contributed by atoms with Crippen molar-refractivity contribution in [3.63, 3.8) is 0 Å². The van der Waals surface area contributed by atoms with Crippen molar-refractivity contribution in [1.82, 2.24) is 14.5 Å². The topological polar surface area (TPSA) is 86.6 Å². The molecule has 3 aromatic rings. The van der Waals surface area contributed by atoms with Gasteiger partial charge >= 0.3 is 0 Å². The summed E-state index contributed by atoms with van der Waals surface area (Å²) in [7, 11) is 5.97. The van der Waals surface area contributed by atoms with Crippen LogP contribution in [0.3, 0.4) is 0 Å². The van der Waals surface area contributed by atoms with Crippen molar-refractivity contribution in [2.24, 2.45) is 7.05 Å². The van der Waals surface area contributed by atoms with E-state index in [1.807, 2.05) is 0 Å². The normalized spacial score (nSPS) is 10.7. The molecule has 0 spiro atoms. The number of carbonyl (C=O) groups is 1. The van der Waals surface area contributed by atoms with Crippen LogP contribution >= 0.6 is 23.2 Å². The standard InChI is InChI=1S/C20H18Cl2N4O4/c1-6-14(27)25(2)20-23-9-10-7-11(19(28)26(3)18(10)24-20)15-16(21)12(29-4)8-13(30-5)17(15)22/h6-9H,1H2,2-5H3. The van der Waals surface area contributed by atoms with E-state index in [4.69, 9.17) is 32.7 Å². The van der Waals surface area contributed by atoms with Crippen LogP contribution in [0.25, 0.3) is 22.2 Å². The maximum absolute atomic E-state index is 13.2. The van der Waals surface area contributed by atoms with Crippen LogP contribution < -0.4 is 19.9 Å². The first-order valence-corrected chi connectivity index (χ1v) is 9.38.